The molecule has 0 aromatic heterocycles. The number of esters is 1. The molecule has 18 nitrogen and oxygen atoms in total. The lowest BCUT2D eigenvalue weighted by Gasteiger charge is -2.50. The standard InChI is InChI=1S/C45H75NO17/c1-13-32-29(21-57-44-41(56-12)40(55-11)36(51)25(5)59-44)16-22(2)14-15-30(48)23(3)17-28(20-47)38(24(4)31(49)18-33(50)61-32)63-43-37(52)35(46(9)10)39(26(6)60-43)62-34-19-45(8,54)42(53)27(7)58-34/h14-16,20,23-29,31-32,34-44,49,51-54H,13,17-19,21H2,1-12H3/b15-14+,22-16-/t23-,24-,25+,26-,27+,28-,29-,31+,32?,34+,35-,36+,37-,38?,39-,40+,41+,42+,43+,44+,45-/m1/s1. The number of allylic oxidation sites excluding steroid dienone is 3. The van der Waals surface area contributed by atoms with Crippen molar-refractivity contribution in [3.8, 4) is 0 Å². The lowest BCUT2D eigenvalue weighted by atomic mass is 9.81. The number of ether oxygens (including phenoxy) is 9. The Morgan fingerprint density at radius 3 is 2.10 bits per heavy atom. The molecule has 3 fully saturated rings. The second kappa shape index (κ2) is 23.5. The summed E-state index contributed by atoms with van der Waals surface area (Å²) in [5.74, 6) is -4.14. The van der Waals surface area contributed by atoms with Gasteiger partial charge in [0.2, 0.25) is 0 Å². The van der Waals surface area contributed by atoms with Crippen molar-refractivity contribution in [1.82, 2.24) is 4.90 Å². The van der Waals surface area contributed by atoms with Crippen LogP contribution in [0.15, 0.2) is 23.8 Å². The molecular formula is C45H75NO17. The number of nitrogens with zero attached hydrogens (tertiary/aromatic N) is 1. The van der Waals surface area contributed by atoms with E-state index in [9.17, 15) is 39.9 Å². The normalized spacial score (nSPS) is 46.5. The monoisotopic (exact) mass is 902 g/mol. The van der Waals surface area contributed by atoms with E-state index in [1.165, 1.54) is 27.2 Å². The van der Waals surface area contributed by atoms with Crippen LogP contribution in [0.1, 0.15) is 81.1 Å². The van der Waals surface area contributed by atoms with E-state index in [0.29, 0.717) is 18.3 Å². The number of aliphatic hydroxyl groups excluding tert-OH is 4. The Hall–Kier alpha value is -2.27. The number of ketones is 1. The summed E-state index contributed by atoms with van der Waals surface area (Å²) in [5.41, 5.74) is -0.826. The summed E-state index contributed by atoms with van der Waals surface area (Å²) < 4.78 is 54.4. The molecule has 3 saturated heterocycles. The molecule has 63 heavy (non-hydrogen) atoms. The number of methoxy groups -OCH3 is 2. The second-order valence-corrected chi connectivity index (χ2v) is 18.4. The number of carbonyl (C=O) groups is 3. The molecule has 0 bridgehead atoms. The van der Waals surface area contributed by atoms with Gasteiger partial charge in [0.05, 0.1) is 55.2 Å². The van der Waals surface area contributed by atoms with Crippen molar-refractivity contribution in [3.05, 3.63) is 23.8 Å². The molecule has 18 heteroatoms. The lowest BCUT2D eigenvalue weighted by Crippen LogP contribution is -2.65. The molecule has 0 spiro atoms. The highest BCUT2D eigenvalue weighted by Gasteiger charge is 2.52. The third-order valence-corrected chi connectivity index (χ3v) is 13.1. The van der Waals surface area contributed by atoms with Crippen molar-refractivity contribution in [2.24, 2.45) is 23.7 Å². The average Bonchev–Trinajstić information content (AvgIpc) is 3.22. The maximum Gasteiger partial charge on any atom is 0.308 e. The SMILES string of the molecule is CCC1OC(=O)C[C@H](O)[C@@H](C)C(O[C@@H]2O[C@H](C)[C@@H](O[C@H]3C[C@@](C)(O)[C@@H](O)[C@H](C)O3)[C@H](N(C)C)[C@H]2O)[C@@H](C=O)C[C@@H](C)C(=O)/C=C/C(C)=C\[C@@H]1CO[C@H]1O[C@@H](C)[C@H](O)[C@H](OC)[C@@H]1OC. The van der Waals surface area contributed by atoms with Crippen LogP contribution in [-0.4, -0.2) is 187 Å². The molecule has 4 aliphatic rings. The molecule has 2 unspecified atom stereocenters. The lowest BCUT2D eigenvalue weighted by molar-refractivity contribution is -0.341. The number of carbonyl (C=O) groups excluding carboxylic acids is 3. The van der Waals surface area contributed by atoms with Gasteiger partial charge in [-0.25, -0.2) is 0 Å². The molecule has 4 heterocycles. The fourth-order valence-electron chi connectivity index (χ4n) is 9.19. The quantitative estimate of drug-likeness (QED) is 0.138. The molecule has 0 saturated carbocycles. The van der Waals surface area contributed by atoms with Gasteiger partial charge in [0.1, 0.15) is 49.0 Å². The summed E-state index contributed by atoms with van der Waals surface area (Å²) in [4.78, 5) is 42.0. The summed E-state index contributed by atoms with van der Waals surface area (Å²) in [7, 11) is 6.40. The van der Waals surface area contributed by atoms with Crippen molar-refractivity contribution in [1.29, 1.82) is 0 Å². The maximum atomic E-state index is 13.7. The van der Waals surface area contributed by atoms with Crippen LogP contribution >= 0.6 is 0 Å². The topological polar surface area (TPSA) is 239 Å². The molecule has 362 valence electrons. The first-order chi connectivity index (χ1) is 29.6. The Morgan fingerprint density at radius 1 is 0.857 bits per heavy atom. The first-order valence-electron chi connectivity index (χ1n) is 22.2. The Morgan fingerprint density at radius 2 is 1.51 bits per heavy atom. The van der Waals surface area contributed by atoms with E-state index in [4.69, 9.17) is 42.6 Å². The summed E-state index contributed by atoms with van der Waals surface area (Å²) in [6, 6.07) is -0.767. The van der Waals surface area contributed by atoms with Crippen LogP contribution in [-0.2, 0) is 57.0 Å². The Bertz CT molecular complexity index is 1540. The first kappa shape index (κ1) is 53.3. The number of aldehydes is 1. The van der Waals surface area contributed by atoms with Gasteiger partial charge in [-0.05, 0) is 67.6 Å². The van der Waals surface area contributed by atoms with Crippen LogP contribution in [0.2, 0.25) is 0 Å². The van der Waals surface area contributed by atoms with E-state index >= 15 is 0 Å². The van der Waals surface area contributed by atoms with Crippen molar-refractivity contribution in [3.63, 3.8) is 0 Å². The zero-order valence-corrected chi connectivity index (χ0v) is 39.0. The van der Waals surface area contributed by atoms with Crippen LogP contribution in [0.3, 0.4) is 0 Å². The van der Waals surface area contributed by atoms with E-state index in [2.05, 4.69) is 0 Å². The molecule has 5 N–H and O–H groups in total. The van der Waals surface area contributed by atoms with Gasteiger partial charge < -0.3 is 77.9 Å². The van der Waals surface area contributed by atoms with E-state index in [-0.39, 0.29) is 25.2 Å². The van der Waals surface area contributed by atoms with Gasteiger partial charge in [-0.3, -0.25) is 9.59 Å². The molecule has 0 amide bonds. The molecule has 0 radical (unpaired) electrons. The second-order valence-electron chi connectivity index (χ2n) is 18.4. The van der Waals surface area contributed by atoms with Gasteiger partial charge >= 0.3 is 5.97 Å². The minimum Gasteiger partial charge on any atom is -0.462 e. The largest absolute Gasteiger partial charge is 0.462 e. The van der Waals surface area contributed by atoms with Crippen LogP contribution in [0.5, 0.6) is 0 Å². The Balaban J connectivity index is 1.60. The van der Waals surface area contributed by atoms with Crippen LogP contribution in [0, 0.1) is 23.7 Å². The highest BCUT2D eigenvalue weighted by molar-refractivity contribution is 5.92. The number of hydrogen-bond donors (Lipinski definition) is 5. The van der Waals surface area contributed by atoms with Crippen LogP contribution in [0.25, 0.3) is 0 Å². The highest BCUT2D eigenvalue weighted by Crippen LogP contribution is 2.37. The molecule has 4 rings (SSSR count). The number of cyclic esters (lactones) is 1. The average molecular weight is 902 g/mol. The molecule has 4 aliphatic heterocycles. The number of aliphatic hydroxyl groups is 5. The maximum absolute atomic E-state index is 13.7. The Kier molecular flexibility index (Phi) is 19.9. The van der Waals surface area contributed by atoms with Crippen molar-refractivity contribution >= 4 is 18.0 Å². The third kappa shape index (κ3) is 13.2. The van der Waals surface area contributed by atoms with Gasteiger partial charge in [-0.1, -0.05) is 38.5 Å². The molecule has 21 atom stereocenters. The fourth-order valence-corrected chi connectivity index (χ4v) is 9.19. The minimum absolute atomic E-state index is 0.0117. The van der Waals surface area contributed by atoms with Crippen molar-refractivity contribution < 1.29 is 82.5 Å². The van der Waals surface area contributed by atoms with E-state index in [1.54, 1.807) is 66.6 Å². The van der Waals surface area contributed by atoms with Crippen LogP contribution < -0.4 is 0 Å². The predicted molar refractivity (Wildman–Crippen MR) is 226 cm³/mol. The van der Waals surface area contributed by atoms with E-state index < -0.39 is 140 Å². The number of hydrogen-bond acceptors (Lipinski definition) is 18. The van der Waals surface area contributed by atoms with Crippen LogP contribution in [0.4, 0.5) is 0 Å². The van der Waals surface area contributed by atoms with Gasteiger partial charge in [-0.2, -0.15) is 0 Å². The predicted octanol–water partition coefficient (Wildman–Crippen LogP) is 1.44. The fraction of sp³-hybridized carbons (Fsp3) is 0.844. The van der Waals surface area contributed by atoms with Crippen molar-refractivity contribution in [2.75, 3.05) is 34.9 Å². The minimum atomic E-state index is -1.49. The van der Waals surface area contributed by atoms with Gasteiger partial charge in [0.15, 0.2) is 24.7 Å². The Labute approximate surface area is 372 Å². The smallest absolute Gasteiger partial charge is 0.308 e. The number of likely N-dealkylation sites (N-methyl/N-ethyl adjacent to an activating group) is 1. The zero-order valence-electron chi connectivity index (χ0n) is 39.0. The van der Waals surface area contributed by atoms with Gasteiger partial charge in [0, 0.05) is 44.3 Å². The summed E-state index contributed by atoms with van der Waals surface area (Å²) in [6.07, 6.45) is -9.08. The highest BCUT2D eigenvalue weighted by atomic mass is 16.7. The summed E-state index contributed by atoms with van der Waals surface area (Å²) >= 11 is 0. The molecule has 0 aromatic rings. The molecule has 0 aliphatic carbocycles. The van der Waals surface area contributed by atoms with E-state index in [0.717, 1.165) is 0 Å². The van der Waals surface area contributed by atoms with Crippen molar-refractivity contribution in [2.45, 2.75) is 185 Å². The first-order valence-corrected chi connectivity index (χ1v) is 22.2. The molecule has 0 aromatic carbocycles. The zero-order chi connectivity index (χ0) is 47.1. The summed E-state index contributed by atoms with van der Waals surface area (Å²) in [6.45, 7) is 13.5. The number of rotatable bonds is 12. The summed E-state index contributed by atoms with van der Waals surface area (Å²) in [5, 5.41) is 55.5. The van der Waals surface area contributed by atoms with Gasteiger partial charge in [0.25, 0.3) is 0 Å². The van der Waals surface area contributed by atoms with E-state index in [1.807, 2.05) is 13.0 Å². The van der Waals surface area contributed by atoms with Gasteiger partial charge in [-0.15, -0.1) is 0 Å². The molecular weight excluding hydrogens is 826 g/mol. The third-order valence-electron chi connectivity index (χ3n) is 13.1.